The Hall–Kier alpha value is -3.83. The first-order valence-electron chi connectivity index (χ1n) is 14.5. The van der Waals surface area contributed by atoms with Crippen LogP contribution in [0.4, 0.5) is 4.39 Å². The molecular formula is C31H38FN5O5. The summed E-state index contributed by atoms with van der Waals surface area (Å²) < 4.78 is 25.7. The van der Waals surface area contributed by atoms with Crippen LogP contribution in [-0.4, -0.2) is 75.5 Å². The maximum absolute atomic E-state index is 14.8. The number of aliphatic hydroxyl groups excluding tert-OH is 1. The summed E-state index contributed by atoms with van der Waals surface area (Å²) in [6.07, 6.45) is 5.51. The average Bonchev–Trinajstić information content (AvgIpc) is 3.39. The fourth-order valence-corrected chi connectivity index (χ4v) is 5.64. The number of aryl methyl sites for hydroxylation is 1. The van der Waals surface area contributed by atoms with Gasteiger partial charge in [-0.25, -0.2) is 9.37 Å². The fraction of sp³-hybridized carbons (Fsp3) is 0.484. The van der Waals surface area contributed by atoms with E-state index in [0.717, 1.165) is 49.2 Å². The predicted molar refractivity (Wildman–Crippen MR) is 152 cm³/mol. The summed E-state index contributed by atoms with van der Waals surface area (Å²) in [5.74, 6) is 0.576. The number of ether oxygens (including phenoxy) is 1. The Labute approximate surface area is 244 Å². The molecule has 42 heavy (non-hydrogen) atoms. The molecule has 4 heterocycles. The number of piperidine rings is 1. The topological polar surface area (TPSA) is 121 Å². The molecule has 0 radical (unpaired) electrons. The van der Waals surface area contributed by atoms with Gasteiger partial charge in [-0.15, -0.1) is 0 Å². The smallest absolute Gasteiger partial charge is 0.251 e. The molecule has 5 rings (SSSR count). The largest absolute Gasteiger partial charge is 0.482 e. The van der Waals surface area contributed by atoms with Gasteiger partial charge in [0.2, 0.25) is 5.91 Å². The van der Waals surface area contributed by atoms with Crippen molar-refractivity contribution in [1.82, 2.24) is 25.1 Å². The van der Waals surface area contributed by atoms with Crippen LogP contribution in [0.3, 0.4) is 0 Å². The van der Waals surface area contributed by atoms with Crippen LogP contribution >= 0.6 is 0 Å². The molecular weight excluding hydrogens is 541 g/mol. The third-order valence-electron chi connectivity index (χ3n) is 8.15. The highest BCUT2D eigenvalue weighted by Crippen LogP contribution is 2.28. The lowest BCUT2D eigenvalue weighted by molar-refractivity contribution is -0.130. The SMILES string of the molecule is CC(=O)N1CCC(Cc2cc(C(=O)NC[C@H](O)CN3CCc4cc(OCc5ocnc5C)c(F)cc4C3)ccn2)CC1. The van der Waals surface area contributed by atoms with Gasteiger partial charge in [0.05, 0.1) is 11.8 Å². The molecule has 1 atom stereocenters. The number of hydrogen-bond donors (Lipinski definition) is 2. The van der Waals surface area contributed by atoms with Crippen molar-refractivity contribution < 1.29 is 28.2 Å². The first-order chi connectivity index (χ1) is 20.2. The van der Waals surface area contributed by atoms with Gasteiger partial charge < -0.3 is 24.5 Å². The Kier molecular flexibility index (Phi) is 9.48. The maximum atomic E-state index is 14.8. The molecule has 2 aliphatic heterocycles. The molecule has 0 saturated carbocycles. The van der Waals surface area contributed by atoms with Crippen LogP contribution in [0.15, 0.2) is 41.3 Å². The van der Waals surface area contributed by atoms with Gasteiger partial charge in [0.25, 0.3) is 5.91 Å². The number of nitrogens with one attached hydrogen (secondary N) is 1. The molecule has 10 nitrogen and oxygen atoms in total. The molecule has 2 aromatic heterocycles. The highest BCUT2D eigenvalue weighted by molar-refractivity contribution is 5.94. The lowest BCUT2D eigenvalue weighted by Gasteiger charge is -2.31. The normalized spacial score (nSPS) is 16.6. The molecule has 1 fully saturated rings. The van der Waals surface area contributed by atoms with E-state index in [1.807, 2.05) is 4.90 Å². The van der Waals surface area contributed by atoms with E-state index in [4.69, 9.17) is 9.15 Å². The van der Waals surface area contributed by atoms with Gasteiger partial charge in [-0.05, 0) is 73.9 Å². The van der Waals surface area contributed by atoms with Gasteiger partial charge in [-0.1, -0.05) is 0 Å². The Morgan fingerprint density at radius 2 is 2.00 bits per heavy atom. The van der Waals surface area contributed by atoms with E-state index >= 15 is 0 Å². The van der Waals surface area contributed by atoms with E-state index in [-0.39, 0.29) is 30.7 Å². The van der Waals surface area contributed by atoms with Crippen molar-refractivity contribution >= 4 is 11.8 Å². The second-order valence-electron chi connectivity index (χ2n) is 11.2. The third-order valence-corrected chi connectivity index (χ3v) is 8.15. The summed E-state index contributed by atoms with van der Waals surface area (Å²) in [4.78, 5) is 36.8. The van der Waals surface area contributed by atoms with E-state index in [1.165, 1.54) is 12.5 Å². The maximum Gasteiger partial charge on any atom is 0.251 e. The first-order valence-corrected chi connectivity index (χ1v) is 14.5. The number of benzene rings is 1. The van der Waals surface area contributed by atoms with E-state index in [0.29, 0.717) is 49.0 Å². The number of fused-ring (bicyclic) bond motifs is 1. The van der Waals surface area contributed by atoms with Crippen molar-refractivity contribution in [3.05, 3.63) is 76.5 Å². The zero-order chi connectivity index (χ0) is 29.6. The molecule has 1 aromatic carbocycles. The van der Waals surface area contributed by atoms with Gasteiger partial charge >= 0.3 is 0 Å². The number of amides is 2. The van der Waals surface area contributed by atoms with Crippen LogP contribution in [0, 0.1) is 18.7 Å². The monoisotopic (exact) mass is 579 g/mol. The number of halogens is 1. The number of rotatable bonds is 10. The van der Waals surface area contributed by atoms with Crippen LogP contribution in [0.5, 0.6) is 5.75 Å². The summed E-state index contributed by atoms with van der Waals surface area (Å²) in [7, 11) is 0. The average molecular weight is 580 g/mol. The zero-order valence-electron chi connectivity index (χ0n) is 24.1. The standard InChI is InChI=1S/C31H38FN5O5/c1-20-30(42-19-35-20)18-41-29-14-23-6-8-36(16-25(23)13-28(29)32)17-27(39)15-34-31(40)24-3-7-33-26(12-24)11-22-4-9-37(10-5-22)21(2)38/h3,7,12-14,19,22,27,39H,4-6,8-11,15-18H2,1-2H3,(H,34,40)/t27-/m0/s1. The number of hydrogen-bond acceptors (Lipinski definition) is 8. The Bertz CT molecular complexity index is 1400. The summed E-state index contributed by atoms with van der Waals surface area (Å²) in [5, 5.41) is 13.5. The highest BCUT2D eigenvalue weighted by atomic mass is 19.1. The van der Waals surface area contributed by atoms with Crippen LogP contribution < -0.4 is 10.1 Å². The molecule has 0 spiro atoms. The van der Waals surface area contributed by atoms with Crippen molar-refractivity contribution in [2.24, 2.45) is 5.92 Å². The molecule has 2 amide bonds. The van der Waals surface area contributed by atoms with Gasteiger partial charge in [-0.3, -0.25) is 19.5 Å². The predicted octanol–water partition coefficient (Wildman–Crippen LogP) is 3.05. The number of pyridine rings is 1. The number of aromatic nitrogens is 2. The minimum atomic E-state index is -0.777. The van der Waals surface area contributed by atoms with Crippen LogP contribution in [-0.2, 0) is 30.8 Å². The lowest BCUT2D eigenvalue weighted by Crippen LogP contribution is -2.42. The van der Waals surface area contributed by atoms with Crippen molar-refractivity contribution in [3.63, 3.8) is 0 Å². The molecule has 0 unspecified atom stereocenters. The van der Waals surface area contributed by atoms with Crippen LogP contribution in [0.2, 0.25) is 0 Å². The molecule has 3 aromatic rings. The minimum absolute atomic E-state index is 0.103. The fourth-order valence-electron chi connectivity index (χ4n) is 5.64. The quantitative estimate of drug-likeness (QED) is 0.376. The number of likely N-dealkylation sites (tertiary alicyclic amines) is 1. The second kappa shape index (κ2) is 13.4. The molecule has 0 aliphatic carbocycles. The first kappa shape index (κ1) is 29.7. The van der Waals surface area contributed by atoms with E-state index < -0.39 is 11.9 Å². The van der Waals surface area contributed by atoms with Gasteiger partial charge in [0, 0.05) is 63.6 Å². The molecule has 11 heteroatoms. The minimum Gasteiger partial charge on any atom is -0.482 e. The molecule has 224 valence electrons. The van der Waals surface area contributed by atoms with Crippen molar-refractivity contribution in [2.45, 2.75) is 58.8 Å². The number of aliphatic hydroxyl groups is 1. The molecule has 0 bridgehead atoms. The van der Waals surface area contributed by atoms with Crippen molar-refractivity contribution in [3.8, 4) is 5.75 Å². The van der Waals surface area contributed by atoms with Crippen molar-refractivity contribution in [1.29, 1.82) is 0 Å². The number of β-amino-alcohol motifs (C(OH)–C–C–N with tert-alkyl or cyclic N) is 1. The Morgan fingerprint density at radius 3 is 2.74 bits per heavy atom. The van der Waals surface area contributed by atoms with Crippen LogP contribution in [0.1, 0.15) is 58.4 Å². The van der Waals surface area contributed by atoms with E-state index in [2.05, 4.69) is 20.2 Å². The number of carbonyl (C=O) groups is 2. The van der Waals surface area contributed by atoms with Crippen molar-refractivity contribution in [2.75, 3.05) is 32.7 Å². The number of oxazole rings is 1. The van der Waals surface area contributed by atoms with Crippen LogP contribution in [0.25, 0.3) is 0 Å². The zero-order valence-corrected chi connectivity index (χ0v) is 24.1. The Balaban J connectivity index is 1.08. The van der Waals surface area contributed by atoms with E-state index in [9.17, 15) is 19.1 Å². The van der Waals surface area contributed by atoms with Gasteiger partial charge in [0.1, 0.15) is 6.61 Å². The van der Waals surface area contributed by atoms with Gasteiger partial charge in [0.15, 0.2) is 23.7 Å². The molecule has 2 aliphatic rings. The summed E-state index contributed by atoms with van der Waals surface area (Å²) in [5.41, 5.74) is 3.94. The number of carbonyl (C=O) groups excluding carboxylic acids is 2. The summed E-state index contributed by atoms with van der Waals surface area (Å²) in [6.45, 7) is 6.68. The number of nitrogens with zero attached hydrogens (tertiary/aromatic N) is 4. The third kappa shape index (κ3) is 7.51. The second-order valence-corrected chi connectivity index (χ2v) is 11.2. The van der Waals surface area contributed by atoms with E-state index in [1.54, 1.807) is 38.2 Å². The molecule has 1 saturated heterocycles. The highest BCUT2D eigenvalue weighted by Gasteiger charge is 2.23. The molecule has 2 N–H and O–H groups in total. The summed E-state index contributed by atoms with van der Waals surface area (Å²) in [6, 6.07) is 6.71. The Morgan fingerprint density at radius 1 is 1.19 bits per heavy atom. The lowest BCUT2D eigenvalue weighted by atomic mass is 9.91. The summed E-state index contributed by atoms with van der Waals surface area (Å²) >= 11 is 0. The van der Waals surface area contributed by atoms with Gasteiger partial charge in [-0.2, -0.15) is 0 Å².